The van der Waals surface area contributed by atoms with E-state index in [1.54, 1.807) is 0 Å². The SMILES string of the molecule is CCOC(=O)c1cc(C=O)c(C#N)c(OC(F)(F)F)c1. The molecular weight excluding hydrogens is 279 g/mol. The van der Waals surface area contributed by atoms with E-state index in [9.17, 15) is 22.8 Å². The van der Waals surface area contributed by atoms with Crippen LogP contribution in [0.25, 0.3) is 0 Å². The molecule has 0 heterocycles. The predicted octanol–water partition coefficient (Wildman–Crippen LogP) is 2.45. The molecule has 0 amide bonds. The number of aldehydes is 1. The predicted molar refractivity (Wildman–Crippen MR) is 59.2 cm³/mol. The van der Waals surface area contributed by atoms with Crippen molar-refractivity contribution in [2.24, 2.45) is 0 Å². The van der Waals surface area contributed by atoms with Crippen molar-refractivity contribution in [3.63, 3.8) is 0 Å². The minimum Gasteiger partial charge on any atom is -0.462 e. The lowest BCUT2D eigenvalue weighted by molar-refractivity contribution is -0.274. The molecule has 1 aromatic carbocycles. The third-order valence-corrected chi connectivity index (χ3v) is 2.11. The van der Waals surface area contributed by atoms with Gasteiger partial charge >= 0.3 is 12.3 Å². The number of esters is 1. The zero-order chi connectivity index (χ0) is 15.3. The number of rotatable bonds is 4. The van der Waals surface area contributed by atoms with Gasteiger partial charge in [-0.1, -0.05) is 0 Å². The maximum atomic E-state index is 12.2. The van der Waals surface area contributed by atoms with Crippen LogP contribution in [0, 0.1) is 11.3 Å². The molecule has 20 heavy (non-hydrogen) atoms. The quantitative estimate of drug-likeness (QED) is 0.628. The average Bonchev–Trinajstić information content (AvgIpc) is 2.36. The molecule has 0 atom stereocenters. The normalized spacial score (nSPS) is 10.6. The van der Waals surface area contributed by atoms with Gasteiger partial charge in [0.05, 0.1) is 12.2 Å². The first-order valence-corrected chi connectivity index (χ1v) is 5.28. The summed E-state index contributed by atoms with van der Waals surface area (Å²) in [5.74, 6) is -1.85. The van der Waals surface area contributed by atoms with Crippen LogP contribution in [0.2, 0.25) is 0 Å². The number of alkyl halides is 3. The summed E-state index contributed by atoms with van der Waals surface area (Å²) < 4.78 is 45.0. The molecular formula is C12H8F3NO4. The molecule has 0 aliphatic rings. The maximum Gasteiger partial charge on any atom is 0.573 e. The molecule has 0 saturated carbocycles. The molecule has 8 heteroatoms. The summed E-state index contributed by atoms with van der Waals surface area (Å²) in [6.07, 6.45) is -4.90. The lowest BCUT2D eigenvalue weighted by atomic mass is 10.0. The largest absolute Gasteiger partial charge is 0.573 e. The summed E-state index contributed by atoms with van der Waals surface area (Å²) in [6.45, 7) is 1.51. The Morgan fingerprint density at radius 1 is 1.45 bits per heavy atom. The standard InChI is InChI=1S/C12H8F3NO4/c1-2-19-11(18)7-3-8(6-17)9(5-16)10(4-7)20-12(13,14)15/h3-4,6H,2H2,1H3. The summed E-state index contributed by atoms with van der Waals surface area (Å²) in [5, 5.41) is 8.79. The molecule has 106 valence electrons. The summed E-state index contributed by atoms with van der Waals surface area (Å²) in [5.41, 5.74) is -1.31. The number of hydrogen-bond donors (Lipinski definition) is 0. The van der Waals surface area contributed by atoms with Crippen molar-refractivity contribution in [3.8, 4) is 11.8 Å². The van der Waals surface area contributed by atoms with Crippen molar-refractivity contribution in [1.29, 1.82) is 5.26 Å². The molecule has 0 aromatic heterocycles. The first kappa shape index (κ1) is 15.5. The number of nitriles is 1. The number of benzene rings is 1. The summed E-state index contributed by atoms with van der Waals surface area (Å²) in [7, 11) is 0. The van der Waals surface area contributed by atoms with E-state index in [0.717, 1.165) is 6.07 Å². The highest BCUT2D eigenvalue weighted by molar-refractivity contribution is 5.93. The van der Waals surface area contributed by atoms with Crippen molar-refractivity contribution < 1.29 is 32.2 Å². The number of ether oxygens (including phenoxy) is 2. The molecule has 0 N–H and O–H groups in total. The minimum atomic E-state index is -5.06. The lowest BCUT2D eigenvalue weighted by Crippen LogP contribution is -2.19. The molecule has 0 aliphatic heterocycles. The zero-order valence-electron chi connectivity index (χ0n) is 10.2. The minimum absolute atomic E-state index is 0.00468. The van der Waals surface area contributed by atoms with E-state index in [4.69, 9.17) is 5.26 Å². The van der Waals surface area contributed by atoms with E-state index < -0.39 is 29.2 Å². The zero-order valence-corrected chi connectivity index (χ0v) is 10.2. The van der Waals surface area contributed by atoms with E-state index in [1.807, 2.05) is 0 Å². The van der Waals surface area contributed by atoms with Gasteiger partial charge in [0, 0.05) is 5.56 Å². The van der Waals surface area contributed by atoms with Gasteiger partial charge in [0.15, 0.2) is 6.29 Å². The Kier molecular flexibility index (Phi) is 4.69. The molecule has 0 spiro atoms. The fourth-order valence-corrected chi connectivity index (χ4v) is 1.39. The third kappa shape index (κ3) is 3.71. The summed E-state index contributed by atoms with van der Waals surface area (Å²) in [6, 6.07) is 3.10. The van der Waals surface area contributed by atoms with E-state index in [2.05, 4.69) is 9.47 Å². The van der Waals surface area contributed by atoms with Crippen LogP contribution in [-0.4, -0.2) is 25.2 Å². The van der Waals surface area contributed by atoms with Gasteiger partial charge in [-0.05, 0) is 19.1 Å². The molecule has 1 aromatic rings. The molecule has 0 saturated heterocycles. The van der Waals surface area contributed by atoms with E-state index >= 15 is 0 Å². The van der Waals surface area contributed by atoms with Crippen LogP contribution in [0.5, 0.6) is 5.75 Å². The molecule has 0 fully saturated rings. The van der Waals surface area contributed by atoms with Crippen molar-refractivity contribution in [2.75, 3.05) is 6.61 Å². The maximum absolute atomic E-state index is 12.2. The van der Waals surface area contributed by atoms with Crippen LogP contribution in [0.1, 0.15) is 33.2 Å². The Hall–Kier alpha value is -2.56. The van der Waals surface area contributed by atoms with Gasteiger partial charge in [-0.15, -0.1) is 13.2 Å². The number of halogens is 3. The van der Waals surface area contributed by atoms with Gasteiger partial charge in [-0.3, -0.25) is 4.79 Å². The topological polar surface area (TPSA) is 76.4 Å². The number of carbonyl (C=O) groups is 2. The van der Waals surface area contributed by atoms with Crippen LogP contribution < -0.4 is 4.74 Å². The molecule has 5 nitrogen and oxygen atoms in total. The first-order valence-electron chi connectivity index (χ1n) is 5.28. The van der Waals surface area contributed by atoms with Crippen LogP contribution in [0.15, 0.2) is 12.1 Å². The summed E-state index contributed by atoms with van der Waals surface area (Å²) >= 11 is 0. The monoisotopic (exact) mass is 287 g/mol. The van der Waals surface area contributed by atoms with Gasteiger partial charge in [0.25, 0.3) is 0 Å². The highest BCUT2D eigenvalue weighted by Gasteiger charge is 2.33. The van der Waals surface area contributed by atoms with Crippen molar-refractivity contribution in [2.45, 2.75) is 13.3 Å². The van der Waals surface area contributed by atoms with Gasteiger partial charge in [-0.2, -0.15) is 5.26 Å². The highest BCUT2D eigenvalue weighted by Crippen LogP contribution is 2.29. The lowest BCUT2D eigenvalue weighted by Gasteiger charge is -2.12. The average molecular weight is 287 g/mol. The van der Waals surface area contributed by atoms with Crippen molar-refractivity contribution in [1.82, 2.24) is 0 Å². The molecule has 0 radical (unpaired) electrons. The second-order valence-electron chi connectivity index (χ2n) is 3.44. The Labute approximate surface area is 111 Å². The van der Waals surface area contributed by atoms with Crippen LogP contribution >= 0.6 is 0 Å². The second-order valence-corrected chi connectivity index (χ2v) is 3.44. The Bertz CT molecular complexity index is 575. The fraction of sp³-hybridized carbons (Fsp3) is 0.250. The van der Waals surface area contributed by atoms with Crippen molar-refractivity contribution in [3.05, 3.63) is 28.8 Å². The van der Waals surface area contributed by atoms with Gasteiger partial charge < -0.3 is 9.47 Å². The van der Waals surface area contributed by atoms with Crippen LogP contribution in [0.3, 0.4) is 0 Å². The van der Waals surface area contributed by atoms with Crippen molar-refractivity contribution >= 4 is 12.3 Å². The Morgan fingerprint density at radius 3 is 2.55 bits per heavy atom. The Balaban J connectivity index is 3.39. The van der Waals surface area contributed by atoms with Crippen LogP contribution in [0.4, 0.5) is 13.2 Å². The Morgan fingerprint density at radius 2 is 2.10 bits per heavy atom. The first-order chi connectivity index (χ1) is 9.32. The number of carbonyl (C=O) groups excluding carboxylic acids is 2. The number of hydrogen-bond acceptors (Lipinski definition) is 5. The summed E-state index contributed by atoms with van der Waals surface area (Å²) in [4.78, 5) is 22.3. The van der Waals surface area contributed by atoms with Crippen LogP contribution in [-0.2, 0) is 4.74 Å². The number of nitrogens with zero attached hydrogens (tertiary/aromatic N) is 1. The molecule has 1 rings (SSSR count). The fourth-order valence-electron chi connectivity index (χ4n) is 1.39. The molecule has 0 aliphatic carbocycles. The van der Waals surface area contributed by atoms with E-state index in [-0.39, 0.29) is 18.5 Å². The van der Waals surface area contributed by atoms with Gasteiger partial charge in [0.2, 0.25) is 0 Å². The van der Waals surface area contributed by atoms with Gasteiger partial charge in [0.1, 0.15) is 17.4 Å². The van der Waals surface area contributed by atoms with Gasteiger partial charge in [-0.25, -0.2) is 4.79 Å². The second kappa shape index (κ2) is 6.06. The smallest absolute Gasteiger partial charge is 0.462 e. The van der Waals surface area contributed by atoms with E-state index in [0.29, 0.717) is 6.07 Å². The highest BCUT2D eigenvalue weighted by atomic mass is 19.4. The molecule has 0 bridgehead atoms. The third-order valence-electron chi connectivity index (χ3n) is 2.11. The molecule has 0 unspecified atom stereocenters. The van der Waals surface area contributed by atoms with E-state index in [1.165, 1.54) is 13.0 Å².